The molecule has 1 aliphatic heterocycles. The Morgan fingerprint density at radius 1 is 1.47 bits per heavy atom. The highest BCUT2D eigenvalue weighted by Crippen LogP contribution is 2.28. The molecule has 1 heterocycles. The van der Waals surface area contributed by atoms with Gasteiger partial charge >= 0.3 is 5.97 Å². The van der Waals surface area contributed by atoms with Gasteiger partial charge in [-0.1, -0.05) is 0 Å². The van der Waals surface area contributed by atoms with E-state index in [-0.39, 0.29) is 0 Å². The highest BCUT2D eigenvalue weighted by Gasteiger charge is 2.42. The number of carbonyl (C=O) groups is 1. The van der Waals surface area contributed by atoms with Crippen LogP contribution in [0.25, 0.3) is 0 Å². The SMILES string of the molecule is CC1C(C(=O)O)CCN1S(=O)(=O)C(C)C. The first-order valence-corrected chi connectivity index (χ1v) is 6.52. The van der Waals surface area contributed by atoms with E-state index in [0.717, 1.165) is 0 Å². The van der Waals surface area contributed by atoms with Gasteiger partial charge in [0.2, 0.25) is 10.0 Å². The predicted octanol–water partition coefficient (Wildman–Crippen LogP) is 0.520. The Kier molecular flexibility index (Phi) is 3.40. The van der Waals surface area contributed by atoms with E-state index in [1.807, 2.05) is 0 Å². The molecule has 0 aromatic heterocycles. The van der Waals surface area contributed by atoms with Crippen molar-refractivity contribution in [2.45, 2.75) is 38.5 Å². The topological polar surface area (TPSA) is 74.7 Å². The van der Waals surface area contributed by atoms with Gasteiger partial charge in [0.1, 0.15) is 0 Å². The van der Waals surface area contributed by atoms with E-state index in [4.69, 9.17) is 5.11 Å². The lowest BCUT2D eigenvalue weighted by atomic mass is 10.0. The molecule has 1 rings (SSSR count). The Morgan fingerprint density at radius 3 is 2.33 bits per heavy atom. The van der Waals surface area contributed by atoms with Crippen molar-refractivity contribution in [1.29, 1.82) is 0 Å². The lowest BCUT2D eigenvalue weighted by molar-refractivity contribution is -0.142. The van der Waals surface area contributed by atoms with Crippen molar-refractivity contribution in [2.75, 3.05) is 6.54 Å². The summed E-state index contributed by atoms with van der Waals surface area (Å²) in [6.07, 6.45) is 0.405. The molecule has 2 unspecified atom stereocenters. The molecule has 5 nitrogen and oxygen atoms in total. The molecular weight excluding hydrogens is 218 g/mol. The van der Waals surface area contributed by atoms with E-state index in [1.165, 1.54) is 4.31 Å². The van der Waals surface area contributed by atoms with E-state index in [1.54, 1.807) is 20.8 Å². The van der Waals surface area contributed by atoms with Crippen LogP contribution in [0.15, 0.2) is 0 Å². The summed E-state index contributed by atoms with van der Waals surface area (Å²) in [4.78, 5) is 10.8. The molecule has 1 aliphatic rings. The highest BCUT2D eigenvalue weighted by molar-refractivity contribution is 7.89. The number of hydrogen-bond donors (Lipinski definition) is 1. The Hall–Kier alpha value is -0.620. The Labute approximate surface area is 90.1 Å². The van der Waals surface area contributed by atoms with Crippen LogP contribution in [0, 0.1) is 5.92 Å². The molecule has 1 fully saturated rings. The van der Waals surface area contributed by atoms with Gasteiger partial charge < -0.3 is 5.11 Å². The third-order valence-corrected chi connectivity index (χ3v) is 5.30. The van der Waals surface area contributed by atoms with Crippen LogP contribution in [-0.2, 0) is 14.8 Å². The summed E-state index contributed by atoms with van der Waals surface area (Å²) in [6.45, 7) is 5.19. The standard InChI is InChI=1S/C9H17NO4S/c1-6(2)15(13,14)10-5-4-8(7(10)3)9(11)12/h6-8H,4-5H2,1-3H3,(H,11,12). The molecule has 2 atom stereocenters. The van der Waals surface area contributed by atoms with Crippen molar-refractivity contribution >= 4 is 16.0 Å². The minimum atomic E-state index is -3.32. The van der Waals surface area contributed by atoms with Crippen molar-refractivity contribution in [1.82, 2.24) is 4.31 Å². The normalized spacial score (nSPS) is 28.5. The van der Waals surface area contributed by atoms with Gasteiger partial charge in [0.05, 0.1) is 11.2 Å². The molecule has 1 N–H and O–H groups in total. The van der Waals surface area contributed by atoms with Gasteiger partial charge in [0.25, 0.3) is 0 Å². The van der Waals surface area contributed by atoms with Crippen LogP contribution >= 0.6 is 0 Å². The summed E-state index contributed by atoms with van der Waals surface area (Å²) in [7, 11) is -3.32. The Bertz CT molecular complexity index is 349. The molecule has 0 bridgehead atoms. The minimum Gasteiger partial charge on any atom is -0.481 e. The summed E-state index contributed by atoms with van der Waals surface area (Å²) in [5.41, 5.74) is 0. The predicted molar refractivity (Wildman–Crippen MR) is 56.0 cm³/mol. The van der Waals surface area contributed by atoms with Crippen LogP contribution in [0.3, 0.4) is 0 Å². The molecule has 88 valence electrons. The van der Waals surface area contributed by atoms with Crippen LogP contribution in [0.5, 0.6) is 0 Å². The first kappa shape index (κ1) is 12.4. The molecule has 0 amide bonds. The molecule has 0 aliphatic carbocycles. The monoisotopic (exact) mass is 235 g/mol. The van der Waals surface area contributed by atoms with Crippen molar-refractivity contribution in [2.24, 2.45) is 5.92 Å². The molecule has 6 heteroatoms. The van der Waals surface area contributed by atoms with Crippen molar-refractivity contribution in [3.8, 4) is 0 Å². The maximum Gasteiger partial charge on any atom is 0.308 e. The number of carboxylic acid groups (broad SMARTS) is 1. The second-order valence-corrected chi connectivity index (χ2v) is 6.62. The van der Waals surface area contributed by atoms with Gasteiger partial charge in [-0.3, -0.25) is 4.79 Å². The smallest absolute Gasteiger partial charge is 0.308 e. The first-order chi connectivity index (χ1) is 6.78. The maximum absolute atomic E-state index is 11.8. The molecule has 0 radical (unpaired) electrons. The third kappa shape index (κ3) is 2.15. The Morgan fingerprint density at radius 2 is 2.00 bits per heavy atom. The summed E-state index contributed by atoms with van der Waals surface area (Å²) >= 11 is 0. The number of hydrogen-bond acceptors (Lipinski definition) is 3. The number of sulfonamides is 1. The molecule has 15 heavy (non-hydrogen) atoms. The third-order valence-electron chi connectivity index (χ3n) is 2.94. The van der Waals surface area contributed by atoms with Crippen molar-refractivity contribution in [3.05, 3.63) is 0 Å². The van der Waals surface area contributed by atoms with Gasteiger partial charge in [-0.2, -0.15) is 4.31 Å². The fraction of sp³-hybridized carbons (Fsp3) is 0.889. The van der Waals surface area contributed by atoms with Gasteiger partial charge in [-0.05, 0) is 27.2 Å². The molecular formula is C9H17NO4S. The van der Waals surface area contributed by atoms with Crippen molar-refractivity contribution < 1.29 is 18.3 Å². The van der Waals surface area contributed by atoms with Crippen LogP contribution in [0.1, 0.15) is 27.2 Å². The Balaban J connectivity index is 2.90. The average molecular weight is 235 g/mol. The van der Waals surface area contributed by atoms with Gasteiger partial charge in [-0.15, -0.1) is 0 Å². The first-order valence-electron chi connectivity index (χ1n) is 5.02. The quantitative estimate of drug-likeness (QED) is 0.774. The molecule has 0 aromatic rings. The van der Waals surface area contributed by atoms with E-state index in [2.05, 4.69) is 0 Å². The number of aliphatic carboxylic acids is 1. The summed E-state index contributed by atoms with van der Waals surface area (Å²) in [5, 5.41) is 8.39. The molecule has 0 saturated carbocycles. The highest BCUT2D eigenvalue weighted by atomic mass is 32.2. The second kappa shape index (κ2) is 4.09. The van der Waals surface area contributed by atoms with Gasteiger partial charge in [-0.25, -0.2) is 8.42 Å². The number of nitrogens with zero attached hydrogens (tertiary/aromatic N) is 1. The lowest BCUT2D eigenvalue weighted by Gasteiger charge is -2.24. The molecule has 0 spiro atoms. The van der Waals surface area contributed by atoms with E-state index >= 15 is 0 Å². The van der Waals surface area contributed by atoms with E-state index in [0.29, 0.717) is 13.0 Å². The van der Waals surface area contributed by atoms with Gasteiger partial charge in [0, 0.05) is 12.6 Å². The van der Waals surface area contributed by atoms with Crippen LogP contribution in [0.4, 0.5) is 0 Å². The zero-order valence-electron chi connectivity index (χ0n) is 9.17. The fourth-order valence-electron chi connectivity index (χ4n) is 1.87. The zero-order chi connectivity index (χ0) is 11.8. The summed E-state index contributed by atoms with van der Waals surface area (Å²) in [6, 6.07) is -0.435. The summed E-state index contributed by atoms with van der Waals surface area (Å²) in [5.74, 6) is -1.48. The fourth-order valence-corrected chi connectivity index (χ4v) is 3.38. The van der Waals surface area contributed by atoms with Crippen LogP contribution < -0.4 is 0 Å². The molecule has 1 saturated heterocycles. The molecule has 0 aromatic carbocycles. The average Bonchev–Trinajstić information content (AvgIpc) is 2.46. The summed E-state index contributed by atoms with van der Waals surface area (Å²) < 4.78 is 25.0. The van der Waals surface area contributed by atoms with Crippen LogP contribution in [0.2, 0.25) is 0 Å². The zero-order valence-corrected chi connectivity index (χ0v) is 9.99. The van der Waals surface area contributed by atoms with Crippen molar-refractivity contribution in [3.63, 3.8) is 0 Å². The van der Waals surface area contributed by atoms with E-state index in [9.17, 15) is 13.2 Å². The van der Waals surface area contributed by atoms with E-state index < -0.39 is 33.2 Å². The number of rotatable bonds is 3. The lowest BCUT2D eigenvalue weighted by Crippen LogP contribution is -2.41. The van der Waals surface area contributed by atoms with Gasteiger partial charge in [0.15, 0.2) is 0 Å². The maximum atomic E-state index is 11.8. The largest absolute Gasteiger partial charge is 0.481 e. The van der Waals surface area contributed by atoms with Crippen LogP contribution in [-0.4, -0.2) is 41.6 Å². The minimum absolute atomic E-state index is 0.318. The number of carboxylic acids is 1. The second-order valence-electron chi connectivity index (χ2n) is 4.18.